The maximum atomic E-state index is 16.8. The van der Waals surface area contributed by atoms with Gasteiger partial charge in [0.2, 0.25) is 12.0 Å². The summed E-state index contributed by atoms with van der Waals surface area (Å²) < 4.78 is 131. The van der Waals surface area contributed by atoms with Crippen LogP contribution >= 0.6 is 0 Å². The zero-order valence-electron chi connectivity index (χ0n) is 26.3. The lowest BCUT2D eigenvalue weighted by atomic mass is 9.91. The first-order valence-corrected chi connectivity index (χ1v) is 16.1. The molecule has 5 aliphatic heterocycles. The van der Waals surface area contributed by atoms with Crippen LogP contribution in [0, 0.1) is 18.7 Å². The maximum absolute atomic E-state index is 16.8. The molecule has 49 heavy (non-hydrogen) atoms. The molecule has 4 saturated heterocycles. The number of alkyl halides is 7. The molecular formula is C31H32F8N8O2. The minimum absolute atomic E-state index is 0.0442. The number of nitrogens with zero attached hydrogens (tertiary/aromatic N) is 6. The second-order valence-electron chi connectivity index (χ2n) is 14.0. The Hall–Kier alpha value is -3.80. The summed E-state index contributed by atoms with van der Waals surface area (Å²) in [6, 6.07) is -1.97. The molecule has 264 valence electrons. The average Bonchev–Trinajstić information content (AvgIpc) is 3.58. The number of nitrogen functional groups attached to an aromatic ring is 1. The van der Waals surface area contributed by atoms with E-state index in [-0.39, 0.29) is 49.3 Å². The van der Waals surface area contributed by atoms with E-state index in [9.17, 15) is 30.7 Å². The van der Waals surface area contributed by atoms with Gasteiger partial charge in [-0.25, -0.2) is 18.7 Å². The van der Waals surface area contributed by atoms with Gasteiger partial charge in [-0.2, -0.15) is 36.3 Å². The van der Waals surface area contributed by atoms with Crippen molar-refractivity contribution in [3.05, 3.63) is 23.1 Å². The lowest BCUT2D eigenvalue weighted by molar-refractivity contribution is -0.203. The van der Waals surface area contributed by atoms with Crippen molar-refractivity contribution in [1.82, 2.24) is 30.2 Å². The Kier molecular flexibility index (Phi) is 7.17. The van der Waals surface area contributed by atoms with E-state index in [1.54, 1.807) is 0 Å². The number of aryl methyl sites for hydroxylation is 1. The molecule has 0 spiro atoms. The summed E-state index contributed by atoms with van der Waals surface area (Å²) in [5.41, 5.74) is 0.651. The minimum Gasteiger partial charge on any atom is -0.462 e. The lowest BCUT2D eigenvalue weighted by Gasteiger charge is -2.43. The van der Waals surface area contributed by atoms with Crippen molar-refractivity contribution in [2.75, 3.05) is 36.9 Å². The molecule has 0 aliphatic carbocycles. The number of ether oxygens (including phenoxy) is 2. The number of halogens is 8. The van der Waals surface area contributed by atoms with E-state index >= 15 is 4.39 Å². The molecule has 3 N–H and O–H groups in total. The predicted octanol–water partition coefficient (Wildman–Crippen LogP) is 4.97. The molecule has 4 fully saturated rings. The third-order valence-corrected chi connectivity index (χ3v) is 10.5. The maximum Gasteiger partial charge on any atom is 0.427 e. The minimum atomic E-state index is -5.07. The Morgan fingerprint density at radius 3 is 2.57 bits per heavy atom. The molecule has 5 aliphatic rings. The van der Waals surface area contributed by atoms with E-state index in [2.05, 4.69) is 25.3 Å². The molecule has 0 aromatic carbocycles. The fourth-order valence-electron chi connectivity index (χ4n) is 8.79. The summed E-state index contributed by atoms with van der Waals surface area (Å²) >= 11 is 0. The monoisotopic (exact) mass is 700 g/mol. The Morgan fingerprint density at radius 1 is 1.06 bits per heavy atom. The number of aromatic nitrogens is 4. The van der Waals surface area contributed by atoms with E-state index in [0.29, 0.717) is 25.8 Å². The van der Waals surface area contributed by atoms with Crippen LogP contribution in [0.15, 0.2) is 6.07 Å². The number of pyridine rings is 2. The standard InChI is InChI=1S/C31H32F8N8O2/c1-12-6-29(7-14(32)9-46(29)8-12)11-48-28-44-23-19-26(45-28)47-10-15-3-4-17(42-15)24(47)25(31(37,38)39)49-27(19)43-22(21(23)33)16-5-18(40)41-13(2)20(16)30(34,35)36/h5,12,14-15,17,24-25,42H,3-4,6-11H2,1-2H3,(H2,40,41)/t12-,14-,15-,17+,24+,25?,29?/m1/s1. The average molecular weight is 701 g/mol. The third-order valence-electron chi connectivity index (χ3n) is 10.5. The first kappa shape index (κ1) is 32.4. The number of hydrogen-bond acceptors (Lipinski definition) is 10. The van der Waals surface area contributed by atoms with Gasteiger partial charge in [-0.3, -0.25) is 4.90 Å². The van der Waals surface area contributed by atoms with Crippen LogP contribution in [-0.4, -0.2) is 93.2 Å². The van der Waals surface area contributed by atoms with Gasteiger partial charge in [0.05, 0.1) is 22.8 Å². The van der Waals surface area contributed by atoms with Gasteiger partial charge in [0.1, 0.15) is 41.0 Å². The molecular weight excluding hydrogens is 668 g/mol. The molecule has 2 bridgehead atoms. The van der Waals surface area contributed by atoms with Crippen molar-refractivity contribution in [2.45, 2.75) is 87.8 Å². The molecule has 8 rings (SSSR count). The van der Waals surface area contributed by atoms with Gasteiger partial charge in [0, 0.05) is 43.7 Å². The molecule has 18 heteroatoms. The van der Waals surface area contributed by atoms with Crippen LogP contribution in [0.3, 0.4) is 0 Å². The van der Waals surface area contributed by atoms with Crippen molar-refractivity contribution >= 4 is 22.5 Å². The summed E-state index contributed by atoms with van der Waals surface area (Å²) in [4.78, 5) is 19.8. The van der Waals surface area contributed by atoms with E-state index in [1.165, 1.54) is 4.90 Å². The Morgan fingerprint density at radius 2 is 1.84 bits per heavy atom. The molecule has 0 amide bonds. The SMILES string of the molecule is Cc1nc(N)cc(-c2nc3c4c(nc(OCC56C[C@@H](C)CN5C[C@H](F)C6)nc4c2F)N2C[C@H]4CC[C@H](N4)[C@H]2C(C(F)(F)F)O3)c1C(F)(F)F. The number of rotatable bonds is 4. The van der Waals surface area contributed by atoms with E-state index in [1.807, 2.05) is 11.8 Å². The van der Waals surface area contributed by atoms with Crippen molar-refractivity contribution in [3.63, 3.8) is 0 Å². The Bertz CT molecular complexity index is 1830. The molecule has 2 unspecified atom stereocenters. The topological polar surface area (TPSA) is 115 Å². The summed E-state index contributed by atoms with van der Waals surface area (Å²) in [7, 11) is 0. The van der Waals surface area contributed by atoms with E-state index < -0.39 is 93.8 Å². The summed E-state index contributed by atoms with van der Waals surface area (Å²) in [6.07, 6.45) is -11.9. The zero-order chi connectivity index (χ0) is 34.8. The zero-order valence-corrected chi connectivity index (χ0v) is 26.3. The van der Waals surface area contributed by atoms with Crippen LogP contribution < -0.4 is 25.4 Å². The van der Waals surface area contributed by atoms with Crippen molar-refractivity contribution in [2.24, 2.45) is 5.92 Å². The summed E-state index contributed by atoms with van der Waals surface area (Å²) in [5, 5.41) is 2.86. The quantitative estimate of drug-likeness (QED) is 0.362. The second-order valence-corrected chi connectivity index (χ2v) is 14.0. The molecule has 3 aromatic heterocycles. The lowest BCUT2D eigenvalue weighted by Crippen LogP contribution is -2.66. The largest absolute Gasteiger partial charge is 0.462 e. The van der Waals surface area contributed by atoms with Gasteiger partial charge in [0.25, 0.3) is 0 Å². The number of nitrogens with two attached hydrogens (primary N) is 1. The van der Waals surface area contributed by atoms with Gasteiger partial charge in [-0.05, 0) is 38.2 Å². The first-order chi connectivity index (χ1) is 23.0. The van der Waals surface area contributed by atoms with E-state index in [4.69, 9.17) is 15.2 Å². The van der Waals surface area contributed by atoms with Crippen molar-refractivity contribution in [1.29, 1.82) is 0 Å². The second kappa shape index (κ2) is 10.8. The summed E-state index contributed by atoms with van der Waals surface area (Å²) in [5.74, 6) is -2.46. The van der Waals surface area contributed by atoms with Crippen LogP contribution in [0.1, 0.15) is 43.9 Å². The molecule has 0 radical (unpaired) electrons. The fourth-order valence-corrected chi connectivity index (χ4v) is 8.79. The van der Waals surface area contributed by atoms with Crippen LogP contribution in [0.2, 0.25) is 0 Å². The van der Waals surface area contributed by atoms with Gasteiger partial charge in [-0.1, -0.05) is 6.92 Å². The van der Waals surface area contributed by atoms with Crippen molar-refractivity contribution in [3.8, 4) is 23.1 Å². The molecule has 7 atom stereocenters. The van der Waals surface area contributed by atoms with Gasteiger partial charge in [0.15, 0.2) is 5.82 Å². The van der Waals surface area contributed by atoms with Gasteiger partial charge >= 0.3 is 18.4 Å². The molecule has 8 heterocycles. The predicted molar refractivity (Wildman–Crippen MR) is 159 cm³/mol. The highest BCUT2D eigenvalue weighted by Gasteiger charge is 2.58. The molecule has 3 aromatic rings. The number of anilines is 2. The van der Waals surface area contributed by atoms with Crippen LogP contribution in [0.5, 0.6) is 11.9 Å². The highest BCUT2D eigenvalue weighted by atomic mass is 19.4. The normalized spacial score (nSPS) is 31.1. The molecule has 10 nitrogen and oxygen atoms in total. The molecule has 0 saturated carbocycles. The Labute approximate surface area is 274 Å². The van der Waals surface area contributed by atoms with Crippen LogP contribution in [0.4, 0.5) is 46.8 Å². The van der Waals surface area contributed by atoms with Gasteiger partial charge in [-0.15, -0.1) is 0 Å². The number of fused-ring (bicyclic) bond motifs is 6. The summed E-state index contributed by atoms with van der Waals surface area (Å²) in [6.45, 7) is 3.85. The van der Waals surface area contributed by atoms with Gasteiger partial charge < -0.3 is 25.4 Å². The van der Waals surface area contributed by atoms with E-state index in [0.717, 1.165) is 13.0 Å². The van der Waals surface area contributed by atoms with Crippen molar-refractivity contribution < 1.29 is 44.6 Å². The number of nitrogens with one attached hydrogen (secondary N) is 1. The Balaban J connectivity index is 1.35. The number of piperazine rings is 1. The third kappa shape index (κ3) is 5.19. The van der Waals surface area contributed by atoms with Crippen LogP contribution in [-0.2, 0) is 6.18 Å². The van der Waals surface area contributed by atoms with Crippen LogP contribution in [0.25, 0.3) is 22.2 Å². The highest BCUT2D eigenvalue weighted by molar-refractivity contribution is 5.97. The number of hydrogen-bond donors (Lipinski definition) is 2. The fraction of sp³-hybridized carbons (Fsp3) is 0.613. The smallest absolute Gasteiger partial charge is 0.427 e. The highest BCUT2D eigenvalue weighted by Crippen LogP contribution is 2.49. The first-order valence-electron chi connectivity index (χ1n) is 16.1.